The summed E-state index contributed by atoms with van der Waals surface area (Å²) in [6, 6.07) is 81.5. The Balaban J connectivity index is -0.000000368. The van der Waals surface area contributed by atoms with Crippen LogP contribution in [0, 0.1) is 64.7 Å². The van der Waals surface area contributed by atoms with Crippen LogP contribution < -0.4 is 116 Å². The summed E-state index contributed by atoms with van der Waals surface area (Å²) in [5, 5.41) is 99.4. The SMILES string of the molecule is COc1ccc([N+]#N)cc1.COc1ccc([N+]#N)cc1.COc1ccc([N+]#N)cc1.COc1ccc([N+]#N)cc1.COc1ccc([N+]#N)cc1.COc1ccc([N+]#N)cc1.COc1ccc([N+]#N)cc1.COc1ccc([N+]#N)cc1.COc1ccc([N+]#N)cc1.COc1ccc([N+]#N)cc1.COc1ccc([N+]#N)cc1.COc1ccc([N+]#N)cc1.O=P([O-])([O-])F.O=P([O-])([O-])F.O=P([O-])([O-])F.O=P([O-])([O-])F.O=P([O-])([O-])F.O=P([O-])([O-])F. The van der Waals surface area contributed by atoms with Gasteiger partial charge in [0.15, 0.2) is 59.7 Å². The highest BCUT2D eigenvalue weighted by molar-refractivity contribution is 7.43. The van der Waals surface area contributed by atoms with Crippen LogP contribution in [0.1, 0.15) is 0 Å². The van der Waals surface area contributed by atoms with E-state index in [9.17, 15) is 25.2 Å². The molecule has 0 spiro atoms. The van der Waals surface area contributed by atoms with Crippen molar-refractivity contribution in [3.63, 3.8) is 0 Å². The molecular weight excluding hydrogens is 2120 g/mol. The monoisotopic (exact) mass is 2210 g/mol. The molecule has 0 atom stereocenters. The van der Waals surface area contributed by atoms with Gasteiger partial charge in [-0.1, -0.05) is 0 Å². The zero-order chi connectivity index (χ0) is 116. The Morgan fingerprint density at radius 1 is 0.140 bits per heavy atom. The van der Waals surface area contributed by atoms with Crippen molar-refractivity contribution in [2.75, 3.05) is 85.3 Å². The zero-order valence-electron chi connectivity index (χ0n) is 79.6. The van der Waals surface area contributed by atoms with Crippen molar-refractivity contribution in [1.82, 2.24) is 0 Å². The number of diazo groups is 12. The summed E-state index contributed by atoms with van der Waals surface area (Å²) in [4.78, 5) is 137. The van der Waals surface area contributed by atoms with Crippen LogP contribution in [0.2, 0.25) is 0 Å². The molecule has 0 N–H and O–H groups in total. The maximum atomic E-state index is 10.1. The Labute approximate surface area is 849 Å². The number of methoxy groups -OCH3 is 12. The molecule has 66 heteroatoms. The van der Waals surface area contributed by atoms with Gasteiger partial charge in [0.2, 0.25) is 64.7 Å². The molecule has 54 nitrogen and oxygen atoms in total. The number of benzene rings is 12. The Hall–Kier alpha value is -18.2. The zero-order valence-corrected chi connectivity index (χ0v) is 85.0. The molecule has 12 aromatic rings. The highest BCUT2D eigenvalue weighted by Crippen LogP contribution is 2.30. The van der Waals surface area contributed by atoms with Gasteiger partial charge in [0.25, 0.3) is 0 Å². The molecule has 792 valence electrons. The van der Waals surface area contributed by atoms with E-state index in [0.29, 0.717) is 68.2 Å². The molecule has 0 unspecified atom stereocenters. The number of hydrogen-bond donors (Lipinski definition) is 0. The Bertz CT molecular complexity index is 5250. The van der Waals surface area contributed by atoms with E-state index in [4.69, 9.17) is 208 Å². The molecule has 0 saturated carbocycles. The third-order valence-electron chi connectivity index (χ3n) is 14.3. The lowest BCUT2D eigenvalue weighted by Gasteiger charge is -2.15. The molecule has 0 aliphatic heterocycles. The van der Waals surface area contributed by atoms with Gasteiger partial charge in [0, 0.05) is 146 Å². The van der Waals surface area contributed by atoms with Crippen molar-refractivity contribution in [3.05, 3.63) is 351 Å². The molecule has 0 fully saturated rings. The van der Waals surface area contributed by atoms with Crippen LogP contribution in [0.5, 0.6) is 69.0 Å². The van der Waals surface area contributed by atoms with Crippen molar-refractivity contribution < 1.29 is 168 Å². The number of ether oxygens (including phenoxy) is 12. The van der Waals surface area contributed by atoms with E-state index in [-0.39, 0.29) is 0 Å². The fourth-order valence-corrected chi connectivity index (χ4v) is 7.79. The van der Waals surface area contributed by atoms with Crippen LogP contribution in [0.4, 0.5) is 93.4 Å². The molecule has 0 bridgehead atoms. The van der Waals surface area contributed by atoms with E-state index in [1.54, 1.807) is 377 Å². The maximum Gasteiger partial charge on any atom is 0.385 e. The van der Waals surface area contributed by atoms with Crippen molar-refractivity contribution >= 4 is 116 Å². The van der Waals surface area contributed by atoms with Crippen LogP contribution in [0.3, 0.4) is 0 Å². The fraction of sp³-hybridized carbons (Fsp3) is 0.143. The van der Waals surface area contributed by atoms with Gasteiger partial charge in [-0.25, -0.2) is 25.2 Å². The normalized spacial score (nSPS) is 9.08. The summed E-state index contributed by atoms with van der Waals surface area (Å²) in [7, 11) is -14.8. The van der Waals surface area contributed by atoms with E-state index in [0.717, 1.165) is 69.0 Å². The first kappa shape index (κ1) is 142. The van der Waals surface area contributed by atoms with Gasteiger partial charge in [-0.2, -0.15) is 0 Å². The number of rotatable bonds is 12. The Morgan fingerprint density at radius 3 is 0.207 bits per heavy atom. The van der Waals surface area contributed by atoms with Crippen molar-refractivity contribution in [3.8, 4) is 69.0 Å². The first-order valence-electron chi connectivity index (χ1n) is 38.6. The summed E-state index contributed by atoms with van der Waals surface area (Å²) in [5.74, 6) is 9.08. The van der Waals surface area contributed by atoms with Crippen LogP contribution in [-0.4, -0.2) is 85.3 Å². The first-order chi connectivity index (χ1) is 70.4. The number of halogens is 6. The topological polar surface area (TPSA) is 828 Å². The summed E-state index contributed by atoms with van der Waals surface area (Å²) in [6.45, 7) is 0. The van der Waals surface area contributed by atoms with Crippen LogP contribution in [0.25, 0.3) is 59.7 Å². The standard InChI is InChI=1S/12C7H7N2O.6FH2O3P/c12*1-10-7-4-2-6(9-8)3-5-7;6*1-5(2,3)4/h12*2-5H,1H3;6*(H2,2,3,4)/q12*+1;;;;;;/p-12. The molecule has 0 aliphatic carbocycles. The molecule has 0 aliphatic rings. The molecule has 0 radical (unpaired) electrons. The first-order valence-corrected chi connectivity index (χ1v) is 47.2. The Morgan fingerprint density at radius 2 is 0.180 bits per heavy atom. The van der Waals surface area contributed by atoms with Gasteiger partial charge >= 0.3 is 68.2 Å². The highest BCUT2D eigenvalue weighted by Gasteiger charge is 2.10. The molecule has 0 saturated heterocycles. The molecule has 12 rings (SSSR count). The molecule has 0 aromatic heterocycles. The molecule has 150 heavy (non-hydrogen) atoms. The summed E-state index contributed by atoms with van der Waals surface area (Å²) >= 11 is 0. The summed E-state index contributed by atoms with van der Waals surface area (Å²) < 4.78 is 170. The lowest BCUT2D eigenvalue weighted by Crippen LogP contribution is -2.07. The smallest absolute Gasteiger partial charge is 0.385 e. The third kappa shape index (κ3) is 95.9. The molecular formula is C84H84F6N24O30P6. The lowest BCUT2D eigenvalue weighted by atomic mass is 10.3. The average molecular weight is 2210 g/mol. The van der Waals surface area contributed by atoms with Gasteiger partial charge in [-0.15, -0.1) is 0 Å². The predicted octanol–water partition coefficient (Wildman–Crippen LogP) is 18.9. The van der Waals surface area contributed by atoms with Crippen LogP contribution >= 0.6 is 47.4 Å². The van der Waals surface area contributed by atoms with E-state index in [1.165, 1.54) is 0 Å². The highest BCUT2D eigenvalue weighted by atomic mass is 31.2. The van der Waals surface area contributed by atoms with Crippen molar-refractivity contribution in [1.29, 1.82) is 64.7 Å². The second-order valence-corrected chi connectivity index (χ2v) is 29.3. The lowest BCUT2D eigenvalue weighted by molar-refractivity contribution is -0.330. The largest absolute Gasteiger partial charge is 0.786 e. The average Bonchev–Trinajstić information content (AvgIpc) is 0.984. The van der Waals surface area contributed by atoms with Crippen LogP contribution in [0.15, 0.2) is 291 Å². The molecule has 0 amide bonds. The second-order valence-electron chi connectivity index (χ2n) is 24.2. The van der Waals surface area contributed by atoms with E-state index < -0.39 is 47.4 Å². The van der Waals surface area contributed by atoms with E-state index >= 15 is 0 Å². The second kappa shape index (κ2) is 84.1. The van der Waals surface area contributed by atoms with Gasteiger partial charge in [0.05, 0.1) is 85.3 Å². The maximum absolute atomic E-state index is 10.1. The predicted molar refractivity (Wildman–Crippen MR) is 505 cm³/mol. The number of nitrogens with zero attached hydrogens (tertiary/aromatic N) is 24. The van der Waals surface area contributed by atoms with E-state index in [1.807, 2.05) is 0 Å². The van der Waals surface area contributed by atoms with Crippen molar-refractivity contribution in [2.24, 2.45) is 0 Å². The summed E-state index contributed by atoms with van der Waals surface area (Å²) in [6.07, 6.45) is 0. The fourth-order valence-electron chi connectivity index (χ4n) is 7.79. The van der Waals surface area contributed by atoms with Crippen LogP contribution in [-0.2, 0) is 27.4 Å². The minimum atomic E-state index is -5.64. The quantitative estimate of drug-likeness (QED) is 0.0622. The Kier molecular flexibility index (Phi) is 79.9. The number of hydrogen-bond acceptors (Lipinski definition) is 42. The minimum Gasteiger partial charge on any atom is -0.786 e. The summed E-state index contributed by atoms with van der Waals surface area (Å²) in [5.41, 5.74) is 6.34. The van der Waals surface area contributed by atoms with Gasteiger partial charge in [0.1, 0.15) is 116 Å². The molecule has 0 heterocycles. The minimum absolute atomic E-state index is 0.529. The molecule has 12 aromatic carbocycles. The van der Waals surface area contributed by atoms with Gasteiger partial charge in [-0.3, -0.25) is 0 Å². The van der Waals surface area contributed by atoms with Gasteiger partial charge in [-0.05, 0) is 146 Å². The van der Waals surface area contributed by atoms with Crippen molar-refractivity contribution in [2.45, 2.75) is 0 Å². The third-order valence-corrected chi connectivity index (χ3v) is 14.3. The van der Waals surface area contributed by atoms with Gasteiger partial charge < -0.3 is 143 Å². The van der Waals surface area contributed by atoms with E-state index in [2.05, 4.69) is 59.7 Å².